The van der Waals surface area contributed by atoms with Crippen LogP contribution >= 0.6 is 11.6 Å². The first-order valence-corrected chi connectivity index (χ1v) is 6.51. The molecular weight excluding hydrogens is 263 g/mol. The van der Waals surface area contributed by atoms with E-state index in [1.165, 1.54) is 6.07 Å². The number of likely N-dealkylation sites (N-methyl/N-ethyl adjacent to an activating group) is 1. The zero-order valence-electron chi connectivity index (χ0n) is 11.0. The van der Waals surface area contributed by atoms with Crippen LogP contribution in [0.25, 0.3) is 0 Å². The Morgan fingerprint density at radius 2 is 2.11 bits per heavy atom. The van der Waals surface area contributed by atoms with Gasteiger partial charge in [0.15, 0.2) is 0 Å². The minimum Gasteiger partial charge on any atom is -0.313 e. The second-order valence-corrected chi connectivity index (χ2v) is 4.93. The van der Waals surface area contributed by atoms with Gasteiger partial charge in [-0.25, -0.2) is 4.39 Å². The molecule has 0 saturated heterocycles. The molecule has 0 fully saturated rings. The lowest BCUT2D eigenvalue weighted by Gasteiger charge is -2.16. The van der Waals surface area contributed by atoms with Crippen molar-refractivity contribution < 1.29 is 4.39 Å². The van der Waals surface area contributed by atoms with Crippen molar-refractivity contribution in [1.29, 1.82) is 0 Å². The van der Waals surface area contributed by atoms with E-state index in [4.69, 9.17) is 11.6 Å². The molecule has 1 heterocycles. The predicted molar refractivity (Wildman–Crippen MR) is 75.9 cm³/mol. The first-order chi connectivity index (χ1) is 9.10. The summed E-state index contributed by atoms with van der Waals surface area (Å²) in [5, 5.41) is 3.38. The molecule has 1 unspecified atom stereocenters. The SMILES string of the molecule is CNC(Cc1ccc(Cl)c(F)c1)c1ccc(C)nc1. The monoisotopic (exact) mass is 278 g/mol. The Kier molecular flexibility index (Phi) is 4.51. The molecule has 2 aromatic rings. The average Bonchev–Trinajstić information content (AvgIpc) is 2.41. The lowest BCUT2D eigenvalue weighted by atomic mass is 10.00. The summed E-state index contributed by atoms with van der Waals surface area (Å²) in [5.74, 6) is -0.379. The van der Waals surface area contributed by atoms with Crippen LogP contribution in [0.3, 0.4) is 0 Å². The van der Waals surface area contributed by atoms with Crippen LogP contribution in [0, 0.1) is 12.7 Å². The minimum absolute atomic E-state index is 0.105. The van der Waals surface area contributed by atoms with Crippen LogP contribution in [-0.4, -0.2) is 12.0 Å². The van der Waals surface area contributed by atoms with Crippen molar-refractivity contribution in [2.75, 3.05) is 7.05 Å². The van der Waals surface area contributed by atoms with E-state index < -0.39 is 0 Å². The Hall–Kier alpha value is -1.45. The molecule has 4 heteroatoms. The number of aryl methyl sites for hydroxylation is 1. The van der Waals surface area contributed by atoms with Gasteiger partial charge < -0.3 is 5.32 Å². The molecule has 0 radical (unpaired) electrons. The number of nitrogens with zero attached hydrogens (tertiary/aromatic N) is 1. The van der Waals surface area contributed by atoms with Gasteiger partial charge in [-0.05, 0) is 49.7 Å². The summed E-state index contributed by atoms with van der Waals surface area (Å²) in [6, 6.07) is 9.03. The highest BCUT2D eigenvalue weighted by Crippen LogP contribution is 2.21. The van der Waals surface area contributed by atoms with Crippen LogP contribution in [0.5, 0.6) is 0 Å². The van der Waals surface area contributed by atoms with Crippen LogP contribution in [0.15, 0.2) is 36.5 Å². The fraction of sp³-hybridized carbons (Fsp3) is 0.267. The number of nitrogens with one attached hydrogen (secondary N) is 1. The van der Waals surface area contributed by atoms with Crippen molar-refractivity contribution in [2.45, 2.75) is 19.4 Å². The molecule has 0 aliphatic carbocycles. The lowest BCUT2D eigenvalue weighted by molar-refractivity contribution is 0.582. The molecular formula is C15H16ClFN2. The smallest absolute Gasteiger partial charge is 0.142 e. The topological polar surface area (TPSA) is 24.9 Å². The fourth-order valence-corrected chi connectivity index (χ4v) is 2.09. The molecule has 2 rings (SSSR count). The number of aromatic nitrogens is 1. The number of hydrogen-bond acceptors (Lipinski definition) is 2. The quantitative estimate of drug-likeness (QED) is 0.923. The van der Waals surface area contributed by atoms with Gasteiger partial charge in [-0.15, -0.1) is 0 Å². The van der Waals surface area contributed by atoms with Crippen LogP contribution in [0.1, 0.15) is 22.9 Å². The van der Waals surface area contributed by atoms with E-state index in [-0.39, 0.29) is 16.9 Å². The first kappa shape index (κ1) is 14.0. The molecule has 19 heavy (non-hydrogen) atoms. The third-order valence-electron chi connectivity index (χ3n) is 3.11. The van der Waals surface area contributed by atoms with Crippen LogP contribution in [0.4, 0.5) is 4.39 Å². The molecule has 0 bridgehead atoms. The van der Waals surface area contributed by atoms with Gasteiger partial charge >= 0.3 is 0 Å². The molecule has 0 aliphatic rings. The number of rotatable bonds is 4. The zero-order valence-corrected chi connectivity index (χ0v) is 11.7. The summed E-state index contributed by atoms with van der Waals surface area (Å²) in [6.07, 6.45) is 2.54. The molecule has 0 aliphatic heterocycles. The van der Waals surface area contributed by atoms with E-state index in [9.17, 15) is 4.39 Å². The van der Waals surface area contributed by atoms with Crippen molar-refractivity contribution in [2.24, 2.45) is 0 Å². The van der Waals surface area contributed by atoms with Gasteiger partial charge in [0.25, 0.3) is 0 Å². The molecule has 100 valence electrons. The van der Waals surface area contributed by atoms with Crippen molar-refractivity contribution in [3.05, 3.63) is 64.2 Å². The summed E-state index contributed by atoms with van der Waals surface area (Å²) in [7, 11) is 1.89. The van der Waals surface area contributed by atoms with E-state index in [0.29, 0.717) is 6.42 Å². The van der Waals surface area contributed by atoms with Crippen molar-refractivity contribution in [3.8, 4) is 0 Å². The van der Waals surface area contributed by atoms with E-state index >= 15 is 0 Å². The van der Waals surface area contributed by atoms with Crippen LogP contribution in [-0.2, 0) is 6.42 Å². The maximum Gasteiger partial charge on any atom is 0.142 e. The molecule has 1 aromatic carbocycles. The summed E-state index contributed by atoms with van der Waals surface area (Å²) >= 11 is 5.68. The molecule has 0 amide bonds. The van der Waals surface area contributed by atoms with Crippen molar-refractivity contribution in [1.82, 2.24) is 10.3 Å². The maximum absolute atomic E-state index is 13.4. The summed E-state index contributed by atoms with van der Waals surface area (Å²) in [5.41, 5.74) is 2.97. The number of benzene rings is 1. The Labute approximate surface area is 117 Å². The van der Waals surface area contributed by atoms with E-state index in [1.54, 1.807) is 6.07 Å². The second-order valence-electron chi connectivity index (χ2n) is 4.53. The molecule has 1 atom stereocenters. The van der Waals surface area contributed by atoms with Gasteiger partial charge in [0.2, 0.25) is 0 Å². The largest absolute Gasteiger partial charge is 0.313 e. The van der Waals surface area contributed by atoms with Crippen LogP contribution < -0.4 is 5.32 Å². The minimum atomic E-state index is -0.379. The van der Waals surface area contributed by atoms with E-state index in [1.807, 2.05) is 38.4 Å². The maximum atomic E-state index is 13.4. The zero-order chi connectivity index (χ0) is 13.8. The van der Waals surface area contributed by atoms with E-state index in [2.05, 4.69) is 10.3 Å². The number of halogens is 2. The molecule has 0 saturated carbocycles. The molecule has 0 spiro atoms. The third kappa shape index (κ3) is 3.52. The first-order valence-electron chi connectivity index (χ1n) is 6.14. The fourth-order valence-electron chi connectivity index (χ4n) is 1.97. The Morgan fingerprint density at radius 1 is 1.32 bits per heavy atom. The van der Waals surface area contributed by atoms with Crippen molar-refractivity contribution in [3.63, 3.8) is 0 Å². The Morgan fingerprint density at radius 3 is 2.68 bits per heavy atom. The third-order valence-corrected chi connectivity index (χ3v) is 3.42. The second kappa shape index (κ2) is 6.13. The van der Waals surface area contributed by atoms with Gasteiger partial charge in [-0.1, -0.05) is 23.7 Å². The van der Waals surface area contributed by atoms with Gasteiger partial charge in [0, 0.05) is 17.9 Å². The highest BCUT2D eigenvalue weighted by atomic mass is 35.5. The predicted octanol–water partition coefficient (Wildman–Crippen LogP) is 3.69. The average molecular weight is 279 g/mol. The summed E-state index contributed by atoms with van der Waals surface area (Å²) in [4.78, 5) is 4.29. The standard InChI is InChI=1S/C15H16ClFN2/c1-10-3-5-12(9-19-10)15(18-2)8-11-4-6-13(16)14(17)7-11/h3-7,9,15,18H,8H2,1-2H3. The molecule has 2 nitrogen and oxygen atoms in total. The normalized spacial score (nSPS) is 12.4. The lowest BCUT2D eigenvalue weighted by Crippen LogP contribution is -2.19. The summed E-state index contributed by atoms with van der Waals surface area (Å²) < 4.78 is 13.4. The highest BCUT2D eigenvalue weighted by molar-refractivity contribution is 6.30. The molecule has 1 N–H and O–H groups in total. The van der Waals surface area contributed by atoms with Gasteiger partial charge in [-0.2, -0.15) is 0 Å². The Balaban J connectivity index is 2.18. The number of hydrogen-bond donors (Lipinski definition) is 1. The summed E-state index contributed by atoms with van der Waals surface area (Å²) in [6.45, 7) is 1.95. The van der Waals surface area contributed by atoms with Gasteiger partial charge in [0.1, 0.15) is 5.82 Å². The van der Waals surface area contributed by atoms with Gasteiger partial charge in [0.05, 0.1) is 5.02 Å². The number of pyridine rings is 1. The molecule has 1 aromatic heterocycles. The van der Waals surface area contributed by atoms with Gasteiger partial charge in [-0.3, -0.25) is 4.98 Å². The van der Waals surface area contributed by atoms with E-state index in [0.717, 1.165) is 16.8 Å². The van der Waals surface area contributed by atoms with Crippen molar-refractivity contribution >= 4 is 11.6 Å². The highest BCUT2D eigenvalue weighted by Gasteiger charge is 2.11. The Bertz CT molecular complexity index is 555. The van der Waals surface area contributed by atoms with Crippen LogP contribution in [0.2, 0.25) is 5.02 Å².